The van der Waals surface area contributed by atoms with E-state index in [1.54, 1.807) is 18.6 Å². The van der Waals surface area contributed by atoms with Crippen LogP contribution in [0.25, 0.3) is 0 Å². The van der Waals surface area contributed by atoms with Crippen LogP contribution in [0.5, 0.6) is 0 Å². The first kappa shape index (κ1) is 15.7. The summed E-state index contributed by atoms with van der Waals surface area (Å²) in [5, 5.41) is 13.4. The van der Waals surface area contributed by atoms with Gasteiger partial charge in [0.2, 0.25) is 0 Å². The molecule has 8 heteroatoms. The van der Waals surface area contributed by atoms with Gasteiger partial charge in [0.1, 0.15) is 0 Å². The topological polar surface area (TPSA) is 70.5 Å². The van der Waals surface area contributed by atoms with Crippen LogP contribution in [0, 0.1) is 0 Å². The van der Waals surface area contributed by atoms with Crippen LogP contribution in [0.2, 0.25) is 0 Å². The van der Waals surface area contributed by atoms with Gasteiger partial charge in [-0.25, -0.2) is 4.57 Å². The SMILES string of the molecule is CCc1ccn(P(=O)(n2ccc(CC)n2)n2ccc(CC)n2)n1. The number of hydrogen-bond donors (Lipinski definition) is 0. The van der Waals surface area contributed by atoms with E-state index >= 15 is 0 Å². The van der Waals surface area contributed by atoms with Crippen molar-refractivity contribution in [3.63, 3.8) is 0 Å². The van der Waals surface area contributed by atoms with Crippen LogP contribution < -0.4 is 0 Å². The third-order valence-electron chi connectivity index (χ3n) is 3.78. The van der Waals surface area contributed by atoms with E-state index in [1.165, 1.54) is 13.4 Å². The van der Waals surface area contributed by atoms with Crippen molar-refractivity contribution in [2.24, 2.45) is 0 Å². The van der Waals surface area contributed by atoms with Gasteiger partial charge in [-0.3, -0.25) is 0 Å². The molecule has 3 rings (SSSR count). The lowest BCUT2D eigenvalue weighted by Crippen LogP contribution is -2.16. The molecule has 0 aliphatic carbocycles. The van der Waals surface area contributed by atoms with Crippen LogP contribution >= 0.6 is 7.59 Å². The minimum absolute atomic E-state index is 0.783. The maximum atomic E-state index is 13.9. The fraction of sp³-hybridized carbons (Fsp3) is 0.400. The molecule has 0 spiro atoms. The Morgan fingerprint density at radius 2 is 1.04 bits per heavy atom. The molecule has 0 atom stereocenters. The number of rotatable bonds is 6. The largest absolute Gasteiger partial charge is 0.418 e. The fourth-order valence-corrected chi connectivity index (χ4v) is 4.31. The van der Waals surface area contributed by atoms with Crippen molar-refractivity contribution in [1.29, 1.82) is 0 Å². The first-order valence-electron chi connectivity index (χ1n) is 7.88. The van der Waals surface area contributed by atoms with Crippen molar-refractivity contribution in [1.82, 2.24) is 28.7 Å². The highest BCUT2D eigenvalue weighted by Gasteiger charge is 2.32. The standard InChI is InChI=1S/C15H21N6OP/c1-4-13-7-10-19(16-13)23(22,20-11-8-14(5-2)17-20)21-12-9-15(6-3)18-21/h7-12H,4-6H2,1-3H3. The molecule has 3 aromatic heterocycles. The number of aryl methyl sites for hydroxylation is 3. The quantitative estimate of drug-likeness (QED) is 0.651. The summed E-state index contributed by atoms with van der Waals surface area (Å²) in [6.45, 7) is 6.05. The van der Waals surface area contributed by atoms with Crippen LogP contribution in [0.4, 0.5) is 0 Å². The molecule has 3 aromatic rings. The minimum Gasteiger partial charge on any atom is -0.244 e. The van der Waals surface area contributed by atoms with Crippen LogP contribution in [-0.4, -0.2) is 28.7 Å². The maximum Gasteiger partial charge on any atom is 0.418 e. The van der Waals surface area contributed by atoms with Gasteiger partial charge in [0.05, 0.1) is 17.1 Å². The van der Waals surface area contributed by atoms with Crippen LogP contribution in [0.3, 0.4) is 0 Å². The highest BCUT2D eigenvalue weighted by Crippen LogP contribution is 2.48. The average molecular weight is 332 g/mol. The van der Waals surface area contributed by atoms with Crippen molar-refractivity contribution in [2.75, 3.05) is 0 Å². The molecule has 0 N–H and O–H groups in total. The van der Waals surface area contributed by atoms with Crippen LogP contribution in [-0.2, 0) is 23.8 Å². The summed E-state index contributed by atoms with van der Waals surface area (Å²) in [5.74, 6) is 0. The van der Waals surface area contributed by atoms with Gasteiger partial charge in [0.25, 0.3) is 0 Å². The summed E-state index contributed by atoms with van der Waals surface area (Å²) in [7, 11) is -3.34. The van der Waals surface area contributed by atoms with E-state index < -0.39 is 7.59 Å². The zero-order chi connectivity index (χ0) is 16.4. The highest BCUT2D eigenvalue weighted by atomic mass is 31.2. The first-order valence-corrected chi connectivity index (χ1v) is 9.44. The van der Waals surface area contributed by atoms with E-state index in [0.29, 0.717) is 0 Å². The molecule has 0 saturated carbocycles. The highest BCUT2D eigenvalue weighted by molar-refractivity contribution is 7.58. The van der Waals surface area contributed by atoms with Gasteiger partial charge in [0.15, 0.2) is 0 Å². The minimum atomic E-state index is -3.34. The molecule has 0 aliphatic rings. The third-order valence-corrected chi connectivity index (χ3v) is 6.05. The second-order valence-electron chi connectivity index (χ2n) is 5.26. The summed E-state index contributed by atoms with van der Waals surface area (Å²) >= 11 is 0. The summed E-state index contributed by atoms with van der Waals surface area (Å²) in [4.78, 5) is 0. The molecule has 0 radical (unpaired) electrons. The second-order valence-corrected chi connectivity index (χ2v) is 7.51. The molecule has 0 bridgehead atoms. The summed E-state index contributed by atoms with van der Waals surface area (Å²) < 4.78 is 18.4. The molecule has 0 amide bonds. The normalized spacial score (nSPS) is 12.0. The predicted octanol–water partition coefficient (Wildman–Crippen LogP) is 3.02. The Bertz CT molecular complexity index is 736. The van der Waals surface area contributed by atoms with Gasteiger partial charge in [-0.05, 0) is 37.5 Å². The second kappa shape index (κ2) is 6.16. The Labute approximate surface area is 135 Å². The zero-order valence-corrected chi connectivity index (χ0v) is 14.5. The lowest BCUT2D eigenvalue weighted by Gasteiger charge is -2.18. The van der Waals surface area contributed by atoms with Crippen molar-refractivity contribution >= 4 is 7.59 Å². The van der Waals surface area contributed by atoms with Crippen molar-refractivity contribution < 1.29 is 4.57 Å². The Balaban J connectivity index is 2.17. The van der Waals surface area contributed by atoms with Crippen LogP contribution in [0.1, 0.15) is 37.9 Å². The molecular formula is C15H21N6OP. The monoisotopic (exact) mass is 332 g/mol. The molecular weight excluding hydrogens is 311 g/mol. The summed E-state index contributed by atoms with van der Waals surface area (Å²) in [5.41, 5.74) is 2.66. The number of aromatic nitrogens is 6. The maximum absolute atomic E-state index is 13.9. The van der Waals surface area contributed by atoms with Crippen LogP contribution in [0.15, 0.2) is 36.8 Å². The number of nitrogens with zero attached hydrogens (tertiary/aromatic N) is 6. The van der Waals surface area contributed by atoms with E-state index in [2.05, 4.69) is 15.3 Å². The van der Waals surface area contributed by atoms with E-state index in [0.717, 1.165) is 36.3 Å². The first-order chi connectivity index (χ1) is 11.1. The molecule has 0 aromatic carbocycles. The zero-order valence-electron chi connectivity index (χ0n) is 13.6. The number of hydrogen-bond acceptors (Lipinski definition) is 4. The smallest absolute Gasteiger partial charge is 0.244 e. The molecule has 0 aliphatic heterocycles. The Kier molecular flexibility index (Phi) is 4.22. The van der Waals surface area contributed by atoms with Gasteiger partial charge in [0, 0.05) is 18.6 Å². The lowest BCUT2D eigenvalue weighted by molar-refractivity contribution is 0.532. The molecule has 0 fully saturated rings. The fourth-order valence-electron chi connectivity index (χ4n) is 2.34. The molecule has 122 valence electrons. The van der Waals surface area contributed by atoms with E-state index in [4.69, 9.17) is 0 Å². The van der Waals surface area contributed by atoms with E-state index in [1.807, 2.05) is 39.0 Å². The molecule has 7 nitrogen and oxygen atoms in total. The van der Waals surface area contributed by atoms with Crippen molar-refractivity contribution in [3.8, 4) is 0 Å². The predicted molar refractivity (Wildman–Crippen MR) is 88.6 cm³/mol. The average Bonchev–Trinajstić information content (AvgIpc) is 3.33. The summed E-state index contributed by atoms with van der Waals surface area (Å²) in [6, 6.07) is 5.63. The van der Waals surface area contributed by atoms with Gasteiger partial charge in [-0.2, -0.15) is 28.7 Å². The molecule has 3 heterocycles. The van der Waals surface area contributed by atoms with Gasteiger partial charge >= 0.3 is 7.59 Å². The van der Waals surface area contributed by atoms with Gasteiger partial charge < -0.3 is 0 Å². The molecule has 0 unspecified atom stereocenters. The van der Waals surface area contributed by atoms with E-state index in [9.17, 15) is 4.57 Å². The van der Waals surface area contributed by atoms with Gasteiger partial charge in [-0.1, -0.05) is 20.8 Å². The molecule has 23 heavy (non-hydrogen) atoms. The Morgan fingerprint density at radius 3 is 1.26 bits per heavy atom. The van der Waals surface area contributed by atoms with Crippen molar-refractivity contribution in [3.05, 3.63) is 53.9 Å². The molecule has 0 saturated heterocycles. The Morgan fingerprint density at radius 1 is 0.739 bits per heavy atom. The Hall–Kier alpha value is -2.14. The van der Waals surface area contributed by atoms with Gasteiger partial charge in [-0.15, -0.1) is 0 Å². The van der Waals surface area contributed by atoms with Crippen molar-refractivity contribution in [2.45, 2.75) is 40.0 Å². The lowest BCUT2D eigenvalue weighted by atomic mass is 10.4. The third kappa shape index (κ3) is 2.65. The summed E-state index contributed by atoms with van der Waals surface area (Å²) in [6.07, 6.45) is 7.56. The van der Waals surface area contributed by atoms with E-state index in [-0.39, 0.29) is 0 Å².